The number of alkyl halides is 3. The van der Waals surface area contributed by atoms with Crippen LogP contribution in [0.1, 0.15) is 22.8 Å². The third-order valence-corrected chi connectivity index (χ3v) is 1.85. The van der Waals surface area contributed by atoms with Crippen LogP contribution in [0.3, 0.4) is 0 Å². The second-order valence-corrected chi connectivity index (χ2v) is 2.97. The number of nitrogens with zero attached hydrogens (tertiary/aromatic N) is 1. The molecule has 0 saturated carbocycles. The van der Waals surface area contributed by atoms with Gasteiger partial charge in [0.15, 0.2) is 5.78 Å². The minimum atomic E-state index is -4.59. The minimum absolute atomic E-state index is 0.110. The summed E-state index contributed by atoms with van der Waals surface area (Å²) in [6, 6.07) is 0.692. The molecule has 76 valence electrons. The molecule has 0 amide bonds. The van der Waals surface area contributed by atoms with Crippen molar-refractivity contribution in [3.8, 4) is 0 Å². The molecule has 0 unspecified atom stereocenters. The zero-order valence-electron chi connectivity index (χ0n) is 7.02. The highest BCUT2D eigenvalue weighted by molar-refractivity contribution is 6.30. The van der Waals surface area contributed by atoms with E-state index in [9.17, 15) is 18.0 Å². The van der Waals surface area contributed by atoms with Crippen molar-refractivity contribution in [1.29, 1.82) is 0 Å². The quantitative estimate of drug-likeness (QED) is 0.541. The average molecular weight is 224 g/mol. The molecule has 14 heavy (non-hydrogen) atoms. The van der Waals surface area contributed by atoms with Crippen LogP contribution in [0.5, 0.6) is 0 Å². The molecule has 0 spiro atoms. The molecule has 0 saturated heterocycles. The SMILES string of the molecule is CC(=O)c1cnc(Cl)c(C(F)(F)F)c1. The smallest absolute Gasteiger partial charge is 0.294 e. The van der Waals surface area contributed by atoms with Gasteiger partial charge in [-0.25, -0.2) is 4.98 Å². The first kappa shape index (κ1) is 11.0. The summed E-state index contributed by atoms with van der Waals surface area (Å²) < 4.78 is 36.8. The van der Waals surface area contributed by atoms with Crippen LogP contribution < -0.4 is 0 Å². The van der Waals surface area contributed by atoms with Crippen LogP contribution in [0.25, 0.3) is 0 Å². The number of aromatic nitrogens is 1. The van der Waals surface area contributed by atoms with Gasteiger partial charge >= 0.3 is 6.18 Å². The van der Waals surface area contributed by atoms with Gasteiger partial charge in [0.2, 0.25) is 0 Å². The summed E-state index contributed by atoms with van der Waals surface area (Å²) in [7, 11) is 0. The Morgan fingerprint density at radius 1 is 1.50 bits per heavy atom. The fourth-order valence-electron chi connectivity index (χ4n) is 0.839. The van der Waals surface area contributed by atoms with Gasteiger partial charge in [-0.15, -0.1) is 0 Å². The lowest BCUT2D eigenvalue weighted by Gasteiger charge is -2.08. The van der Waals surface area contributed by atoms with Crippen molar-refractivity contribution in [2.24, 2.45) is 0 Å². The van der Waals surface area contributed by atoms with Crippen LogP contribution in [0.15, 0.2) is 12.3 Å². The van der Waals surface area contributed by atoms with Crippen molar-refractivity contribution in [3.63, 3.8) is 0 Å². The Morgan fingerprint density at radius 2 is 2.07 bits per heavy atom. The predicted molar refractivity (Wildman–Crippen MR) is 44.3 cm³/mol. The van der Waals surface area contributed by atoms with Gasteiger partial charge < -0.3 is 0 Å². The first-order valence-corrected chi connectivity index (χ1v) is 3.94. The maximum Gasteiger partial charge on any atom is 0.419 e. The average Bonchev–Trinajstić information content (AvgIpc) is 2.02. The van der Waals surface area contributed by atoms with Crippen LogP contribution in [0, 0.1) is 0 Å². The lowest BCUT2D eigenvalue weighted by atomic mass is 10.1. The third kappa shape index (κ3) is 2.23. The third-order valence-electron chi connectivity index (χ3n) is 1.55. The van der Waals surface area contributed by atoms with Gasteiger partial charge in [-0.3, -0.25) is 4.79 Å². The number of pyridine rings is 1. The molecule has 0 aliphatic carbocycles. The van der Waals surface area contributed by atoms with Gasteiger partial charge in [-0.05, 0) is 13.0 Å². The second-order valence-electron chi connectivity index (χ2n) is 2.62. The predicted octanol–water partition coefficient (Wildman–Crippen LogP) is 2.96. The summed E-state index contributed by atoms with van der Waals surface area (Å²) in [6.45, 7) is 1.16. The molecule has 0 radical (unpaired) electrons. The topological polar surface area (TPSA) is 30.0 Å². The summed E-state index contributed by atoms with van der Waals surface area (Å²) in [4.78, 5) is 14.1. The van der Waals surface area contributed by atoms with E-state index in [0.29, 0.717) is 6.07 Å². The molecule has 0 fully saturated rings. The Hall–Kier alpha value is -1.10. The highest BCUT2D eigenvalue weighted by atomic mass is 35.5. The fourth-order valence-corrected chi connectivity index (χ4v) is 1.05. The van der Waals surface area contributed by atoms with Crippen LogP contribution >= 0.6 is 11.6 Å². The number of Topliss-reactive ketones (excluding diaryl/α,β-unsaturated/α-hetero) is 1. The van der Waals surface area contributed by atoms with Gasteiger partial charge in [-0.2, -0.15) is 13.2 Å². The summed E-state index contributed by atoms with van der Waals surface area (Å²) >= 11 is 5.24. The maximum atomic E-state index is 12.3. The van der Waals surface area contributed by atoms with E-state index in [1.807, 2.05) is 0 Å². The zero-order chi connectivity index (χ0) is 10.9. The first-order valence-electron chi connectivity index (χ1n) is 3.56. The molecule has 1 aromatic heterocycles. The monoisotopic (exact) mass is 223 g/mol. The van der Waals surface area contributed by atoms with Gasteiger partial charge in [0.05, 0.1) is 5.56 Å². The molecule has 0 bridgehead atoms. The molecule has 1 heterocycles. The van der Waals surface area contributed by atoms with Crippen LogP contribution in [-0.4, -0.2) is 10.8 Å². The first-order chi connectivity index (χ1) is 6.32. The van der Waals surface area contributed by atoms with E-state index < -0.39 is 22.7 Å². The van der Waals surface area contributed by atoms with Gasteiger partial charge in [0.25, 0.3) is 0 Å². The molecule has 1 rings (SSSR count). The van der Waals surface area contributed by atoms with E-state index in [1.165, 1.54) is 0 Å². The summed E-state index contributed by atoms with van der Waals surface area (Å²) in [5.41, 5.74) is -1.20. The number of carbonyl (C=O) groups excluding carboxylic acids is 1. The Balaban J connectivity index is 3.29. The van der Waals surface area contributed by atoms with Crippen molar-refractivity contribution in [1.82, 2.24) is 4.98 Å². The summed E-state index contributed by atoms with van der Waals surface area (Å²) in [5.74, 6) is -0.486. The number of rotatable bonds is 1. The van der Waals surface area contributed by atoms with E-state index in [-0.39, 0.29) is 5.56 Å². The second kappa shape index (κ2) is 3.57. The Morgan fingerprint density at radius 3 is 2.50 bits per heavy atom. The summed E-state index contributed by atoms with van der Waals surface area (Å²) in [6.07, 6.45) is -3.57. The van der Waals surface area contributed by atoms with Gasteiger partial charge in [-0.1, -0.05) is 11.6 Å². The van der Waals surface area contributed by atoms with Crippen LogP contribution in [0.4, 0.5) is 13.2 Å². The van der Waals surface area contributed by atoms with Crippen molar-refractivity contribution in [2.75, 3.05) is 0 Å². The van der Waals surface area contributed by atoms with Crippen molar-refractivity contribution in [3.05, 3.63) is 28.5 Å². The van der Waals surface area contributed by atoms with Crippen molar-refractivity contribution in [2.45, 2.75) is 13.1 Å². The Bertz CT molecular complexity index is 375. The number of ketones is 1. The Labute approximate surface area is 82.7 Å². The number of hydrogen-bond donors (Lipinski definition) is 0. The molecule has 0 atom stereocenters. The molecule has 0 aliphatic heterocycles. The molecule has 0 aromatic carbocycles. The van der Waals surface area contributed by atoms with Crippen LogP contribution in [0.2, 0.25) is 5.15 Å². The molecule has 0 N–H and O–H groups in total. The molecule has 6 heteroatoms. The van der Waals surface area contributed by atoms with E-state index in [4.69, 9.17) is 11.6 Å². The molecule has 0 aliphatic rings. The normalized spacial score (nSPS) is 11.5. The maximum absolute atomic E-state index is 12.3. The lowest BCUT2D eigenvalue weighted by molar-refractivity contribution is -0.137. The highest BCUT2D eigenvalue weighted by Gasteiger charge is 2.34. The standard InChI is InChI=1S/C8H5ClF3NO/c1-4(14)5-2-6(8(10,11)12)7(9)13-3-5/h2-3H,1H3. The van der Waals surface area contributed by atoms with E-state index >= 15 is 0 Å². The number of halogens is 4. The van der Waals surface area contributed by atoms with Crippen LogP contribution in [-0.2, 0) is 6.18 Å². The largest absolute Gasteiger partial charge is 0.419 e. The lowest BCUT2D eigenvalue weighted by Crippen LogP contribution is -2.08. The molecule has 2 nitrogen and oxygen atoms in total. The Kier molecular flexibility index (Phi) is 2.80. The molecule has 1 aromatic rings. The fraction of sp³-hybridized carbons (Fsp3) is 0.250. The number of carbonyl (C=O) groups is 1. The van der Waals surface area contributed by atoms with Crippen molar-refractivity contribution >= 4 is 17.4 Å². The van der Waals surface area contributed by atoms with Crippen molar-refractivity contribution < 1.29 is 18.0 Å². The van der Waals surface area contributed by atoms with Gasteiger partial charge in [0, 0.05) is 11.8 Å². The minimum Gasteiger partial charge on any atom is -0.294 e. The zero-order valence-corrected chi connectivity index (χ0v) is 7.78. The van der Waals surface area contributed by atoms with Gasteiger partial charge in [0.1, 0.15) is 5.15 Å². The summed E-state index contributed by atoms with van der Waals surface area (Å²) in [5, 5.41) is -0.650. The van der Waals surface area contributed by atoms with E-state index in [1.54, 1.807) is 0 Å². The molecular weight excluding hydrogens is 219 g/mol. The van der Waals surface area contributed by atoms with E-state index in [2.05, 4.69) is 4.98 Å². The highest BCUT2D eigenvalue weighted by Crippen LogP contribution is 2.33. The molecular formula is C8H5ClF3NO. The number of hydrogen-bond acceptors (Lipinski definition) is 2. The van der Waals surface area contributed by atoms with E-state index in [0.717, 1.165) is 13.1 Å².